The van der Waals surface area contributed by atoms with Crippen LogP contribution >= 0.6 is 11.6 Å². The summed E-state index contributed by atoms with van der Waals surface area (Å²) in [5.41, 5.74) is 0.488. The summed E-state index contributed by atoms with van der Waals surface area (Å²) in [6.45, 7) is 1.54. The number of benzene rings is 1. The molecule has 6 heteroatoms. The van der Waals surface area contributed by atoms with Crippen molar-refractivity contribution in [1.82, 2.24) is 4.90 Å². The molecule has 21 heavy (non-hydrogen) atoms. The zero-order valence-electron chi connectivity index (χ0n) is 12.3. The molecule has 0 saturated carbocycles. The van der Waals surface area contributed by atoms with Crippen LogP contribution in [0.4, 0.5) is 0 Å². The normalized spacial score (nSPS) is 17.9. The van der Waals surface area contributed by atoms with E-state index in [1.807, 2.05) is 0 Å². The number of aliphatic hydroxyl groups excluding tert-OH is 1. The van der Waals surface area contributed by atoms with Gasteiger partial charge >= 0.3 is 0 Å². The van der Waals surface area contributed by atoms with Crippen LogP contribution in [-0.4, -0.2) is 49.8 Å². The topological polar surface area (TPSA) is 59.0 Å². The predicted octanol–water partition coefficient (Wildman–Crippen LogP) is 2.20. The third kappa shape index (κ3) is 3.41. The van der Waals surface area contributed by atoms with Crippen LogP contribution in [0.3, 0.4) is 0 Å². The molecule has 0 aliphatic carbocycles. The SMILES string of the molecule is COc1cc(C(=O)N2CCC(CCO)C2)cc(Cl)c1OC. The monoisotopic (exact) mass is 313 g/mol. The molecule has 1 N–H and O–H groups in total. The number of carbonyl (C=O) groups excluding carboxylic acids is 1. The summed E-state index contributed by atoms with van der Waals surface area (Å²) in [6, 6.07) is 3.25. The Bertz CT molecular complexity index is 521. The fourth-order valence-electron chi connectivity index (χ4n) is 2.66. The average molecular weight is 314 g/mol. The smallest absolute Gasteiger partial charge is 0.254 e. The van der Waals surface area contributed by atoms with Gasteiger partial charge < -0.3 is 19.5 Å². The molecule has 116 valence electrons. The molecule has 1 heterocycles. The van der Waals surface area contributed by atoms with E-state index in [0.717, 1.165) is 12.8 Å². The summed E-state index contributed by atoms with van der Waals surface area (Å²) in [4.78, 5) is 14.3. The van der Waals surface area contributed by atoms with Crippen LogP contribution in [0.5, 0.6) is 11.5 Å². The van der Waals surface area contributed by atoms with Gasteiger partial charge in [0, 0.05) is 25.3 Å². The Balaban J connectivity index is 2.18. The number of halogens is 1. The molecule has 1 aliphatic heterocycles. The minimum atomic E-state index is -0.0710. The molecule has 0 radical (unpaired) electrons. The van der Waals surface area contributed by atoms with E-state index in [0.29, 0.717) is 41.1 Å². The Kier molecular flexibility index (Phi) is 5.31. The Morgan fingerprint density at radius 2 is 2.19 bits per heavy atom. The summed E-state index contributed by atoms with van der Waals surface area (Å²) < 4.78 is 10.4. The fraction of sp³-hybridized carbons (Fsp3) is 0.533. The van der Waals surface area contributed by atoms with Crippen LogP contribution in [0.1, 0.15) is 23.2 Å². The first-order valence-electron chi connectivity index (χ1n) is 6.92. The lowest BCUT2D eigenvalue weighted by Crippen LogP contribution is -2.28. The van der Waals surface area contributed by atoms with E-state index in [9.17, 15) is 4.79 Å². The highest BCUT2D eigenvalue weighted by molar-refractivity contribution is 6.32. The lowest BCUT2D eigenvalue weighted by molar-refractivity contribution is 0.0784. The number of nitrogens with zero attached hydrogens (tertiary/aromatic N) is 1. The van der Waals surface area contributed by atoms with Crippen LogP contribution < -0.4 is 9.47 Å². The maximum Gasteiger partial charge on any atom is 0.254 e. The van der Waals surface area contributed by atoms with Crippen molar-refractivity contribution in [3.05, 3.63) is 22.7 Å². The molecular weight excluding hydrogens is 294 g/mol. The van der Waals surface area contributed by atoms with Gasteiger partial charge in [0.2, 0.25) is 0 Å². The minimum absolute atomic E-state index is 0.0710. The number of methoxy groups -OCH3 is 2. The average Bonchev–Trinajstić information content (AvgIpc) is 2.94. The van der Waals surface area contributed by atoms with Gasteiger partial charge in [-0.2, -0.15) is 0 Å². The van der Waals surface area contributed by atoms with Crippen LogP contribution in [0, 0.1) is 5.92 Å². The number of hydrogen-bond acceptors (Lipinski definition) is 4. The molecular formula is C15H20ClNO4. The van der Waals surface area contributed by atoms with E-state index in [-0.39, 0.29) is 12.5 Å². The molecule has 1 unspecified atom stereocenters. The Morgan fingerprint density at radius 3 is 2.81 bits per heavy atom. The van der Waals surface area contributed by atoms with Gasteiger partial charge in [-0.05, 0) is 30.9 Å². The van der Waals surface area contributed by atoms with Gasteiger partial charge in [-0.3, -0.25) is 4.79 Å². The summed E-state index contributed by atoms with van der Waals surface area (Å²) in [5.74, 6) is 1.17. The first-order chi connectivity index (χ1) is 10.1. The second-order valence-corrected chi connectivity index (χ2v) is 5.52. The highest BCUT2D eigenvalue weighted by atomic mass is 35.5. The van der Waals surface area contributed by atoms with Gasteiger partial charge in [0.15, 0.2) is 11.5 Å². The second kappa shape index (κ2) is 7.00. The quantitative estimate of drug-likeness (QED) is 0.905. The van der Waals surface area contributed by atoms with E-state index in [1.54, 1.807) is 17.0 Å². The summed E-state index contributed by atoms with van der Waals surface area (Å²) in [7, 11) is 3.01. The number of ether oxygens (including phenoxy) is 2. The Labute approximate surface area is 129 Å². The van der Waals surface area contributed by atoms with Crippen molar-refractivity contribution in [2.75, 3.05) is 33.9 Å². The zero-order chi connectivity index (χ0) is 15.4. The Morgan fingerprint density at radius 1 is 1.43 bits per heavy atom. The number of rotatable bonds is 5. The van der Waals surface area contributed by atoms with E-state index in [2.05, 4.69) is 0 Å². The number of hydrogen-bond donors (Lipinski definition) is 1. The van der Waals surface area contributed by atoms with Crippen molar-refractivity contribution in [3.8, 4) is 11.5 Å². The molecule has 0 bridgehead atoms. The van der Waals surface area contributed by atoms with Gasteiger partial charge in [-0.25, -0.2) is 0 Å². The molecule has 1 aliphatic rings. The van der Waals surface area contributed by atoms with Crippen molar-refractivity contribution in [1.29, 1.82) is 0 Å². The van der Waals surface area contributed by atoms with Gasteiger partial charge in [-0.15, -0.1) is 0 Å². The molecule has 0 aromatic heterocycles. The van der Waals surface area contributed by atoms with E-state index in [4.69, 9.17) is 26.2 Å². The molecule has 1 fully saturated rings. The molecule has 1 atom stereocenters. The largest absolute Gasteiger partial charge is 0.493 e. The van der Waals surface area contributed by atoms with Crippen LogP contribution in [0.2, 0.25) is 5.02 Å². The van der Waals surface area contributed by atoms with Crippen molar-refractivity contribution >= 4 is 17.5 Å². The van der Waals surface area contributed by atoms with Gasteiger partial charge in [0.05, 0.1) is 19.2 Å². The van der Waals surface area contributed by atoms with Crippen molar-refractivity contribution < 1.29 is 19.4 Å². The zero-order valence-corrected chi connectivity index (χ0v) is 13.0. The number of likely N-dealkylation sites (tertiary alicyclic amines) is 1. The highest BCUT2D eigenvalue weighted by Crippen LogP contribution is 2.36. The van der Waals surface area contributed by atoms with E-state index < -0.39 is 0 Å². The van der Waals surface area contributed by atoms with Gasteiger partial charge in [0.1, 0.15) is 0 Å². The van der Waals surface area contributed by atoms with Gasteiger partial charge in [-0.1, -0.05) is 11.6 Å². The maximum atomic E-state index is 12.5. The first kappa shape index (κ1) is 15.9. The van der Waals surface area contributed by atoms with Crippen molar-refractivity contribution in [3.63, 3.8) is 0 Å². The predicted molar refractivity (Wildman–Crippen MR) is 80.3 cm³/mol. The summed E-state index contributed by atoms with van der Waals surface area (Å²) in [6.07, 6.45) is 1.66. The van der Waals surface area contributed by atoms with Crippen molar-refractivity contribution in [2.24, 2.45) is 5.92 Å². The fourth-order valence-corrected chi connectivity index (χ4v) is 2.95. The lowest BCUT2D eigenvalue weighted by atomic mass is 10.1. The van der Waals surface area contributed by atoms with Crippen molar-refractivity contribution in [2.45, 2.75) is 12.8 Å². The molecule has 1 aromatic rings. The first-order valence-corrected chi connectivity index (χ1v) is 7.30. The molecule has 5 nitrogen and oxygen atoms in total. The maximum absolute atomic E-state index is 12.5. The van der Waals surface area contributed by atoms with Crippen LogP contribution in [-0.2, 0) is 0 Å². The lowest BCUT2D eigenvalue weighted by Gasteiger charge is -2.18. The van der Waals surface area contributed by atoms with Crippen LogP contribution in [0.25, 0.3) is 0 Å². The molecule has 1 aromatic carbocycles. The summed E-state index contributed by atoms with van der Waals surface area (Å²) >= 11 is 6.13. The summed E-state index contributed by atoms with van der Waals surface area (Å²) in [5, 5.41) is 9.33. The third-order valence-electron chi connectivity index (χ3n) is 3.79. The second-order valence-electron chi connectivity index (χ2n) is 5.11. The standard InChI is InChI=1S/C15H20ClNO4/c1-20-13-8-11(7-12(16)14(13)21-2)15(19)17-5-3-10(9-17)4-6-18/h7-8,10,18H,3-6,9H2,1-2H3. The molecule has 1 saturated heterocycles. The molecule has 2 rings (SSSR count). The third-order valence-corrected chi connectivity index (χ3v) is 4.07. The number of aliphatic hydroxyl groups is 1. The van der Waals surface area contributed by atoms with Gasteiger partial charge in [0.25, 0.3) is 5.91 Å². The Hall–Kier alpha value is -1.46. The highest BCUT2D eigenvalue weighted by Gasteiger charge is 2.27. The molecule has 0 spiro atoms. The minimum Gasteiger partial charge on any atom is -0.493 e. The van der Waals surface area contributed by atoms with E-state index in [1.165, 1.54) is 14.2 Å². The van der Waals surface area contributed by atoms with E-state index >= 15 is 0 Å². The molecule has 1 amide bonds. The number of carbonyl (C=O) groups is 1. The van der Waals surface area contributed by atoms with Crippen LogP contribution in [0.15, 0.2) is 12.1 Å². The number of amides is 1.